The maximum Gasteiger partial charge on any atom is 0.309 e. The quantitative estimate of drug-likeness (QED) is 0.462. The summed E-state index contributed by atoms with van der Waals surface area (Å²) in [6.45, 7) is 7.35. The molecule has 0 fully saturated rings. The van der Waals surface area contributed by atoms with Crippen molar-refractivity contribution >= 4 is 11.8 Å². The number of ether oxygens (including phenoxy) is 3. The van der Waals surface area contributed by atoms with Gasteiger partial charge in [0.2, 0.25) is 0 Å². The van der Waals surface area contributed by atoms with Gasteiger partial charge in [-0.25, -0.2) is 4.98 Å². The van der Waals surface area contributed by atoms with Crippen molar-refractivity contribution in [2.24, 2.45) is 11.8 Å². The largest absolute Gasteiger partial charge is 0.503 e. The molecule has 1 heterocycles. The van der Waals surface area contributed by atoms with Crippen molar-refractivity contribution in [3.63, 3.8) is 0 Å². The molecule has 2 aromatic rings. The molecule has 0 aliphatic rings. The molecule has 0 radical (unpaired) electrons. The predicted molar refractivity (Wildman–Crippen MR) is 112 cm³/mol. The van der Waals surface area contributed by atoms with E-state index < -0.39 is 23.8 Å². The number of aromatic hydroxyl groups is 1. The molecular weight excluding hydrogens is 386 g/mol. The van der Waals surface area contributed by atoms with E-state index in [0.29, 0.717) is 5.75 Å². The van der Waals surface area contributed by atoms with Gasteiger partial charge in [-0.3, -0.25) is 9.59 Å². The number of ketones is 1. The van der Waals surface area contributed by atoms with Gasteiger partial charge in [0, 0.05) is 18.7 Å². The number of benzene rings is 1. The van der Waals surface area contributed by atoms with Crippen molar-refractivity contribution in [1.82, 2.24) is 4.98 Å². The van der Waals surface area contributed by atoms with Crippen LogP contribution in [0, 0.1) is 11.8 Å². The lowest BCUT2D eigenvalue weighted by Gasteiger charge is -2.29. The number of methoxy groups -OCH3 is 1. The van der Waals surface area contributed by atoms with Crippen LogP contribution in [0.1, 0.15) is 44.6 Å². The topological polar surface area (TPSA) is 95.0 Å². The van der Waals surface area contributed by atoms with Crippen LogP contribution < -0.4 is 9.47 Å². The van der Waals surface area contributed by atoms with Gasteiger partial charge >= 0.3 is 5.97 Å². The maximum atomic E-state index is 12.6. The normalized spacial score (nSPS) is 13.9. The lowest BCUT2D eigenvalue weighted by atomic mass is 10.0. The zero-order chi connectivity index (χ0) is 22.3. The fourth-order valence-electron chi connectivity index (χ4n) is 3.06. The van der Waals surface area contributed by atoms with Gasteiger partial charge in [0.1, 0.15) is 18.0 Å². The Morgan fingerprint density at radius 3 is 2.33 bits per heavy atom. The van der Waals surface area contributed by atoms with Crippen molar-refractivity contribution in [3.8, 4) is 17.2 Å². The van der Waals surface area contributed by atoms with Crippen molar-refractivity contribution in [3.05, 3.63) is 48.3 Å². The Morgan fingerprint density at radius 2 is 1.73 bits per heavy atom. The first-order chi connectivity index (χ1) is 14.2. The summed E-state index contributed by atoms with van der Waals surface area (Å²) in [5, 5.41) is 10.1. The number of aromatic nitrogens is 1. The number of hydrogen-bond acceptors (Lipinski definition) is 7. The molecule has 0 aliphatic carbocycles. The molecule has 162 valence electrons. The van der Waals surface area contributed by atoms with Gasteiger partial charge in [-0.2, -0.15) is 0 Å². The van der Waals surface area contributed by atoms with E-state index in [1.807, 2.05) is 44.2 Å². The number of Topliss-reactive ketones (excluding diaryl/α,β-unsaturated/α-hetero) is 1. The highest BCUT2D eigenvalue weighted by Gasteiger charge is 2.29. The lowest BCUT2D eigenvalue weighted by molar-refractivity contribution is -0.158. The van der Waals surface area contributed by atoms with Crippen LogP contribution in [0.5, 0.6) is 17.2 Å². The van der Waals surface area contributed by atoms with E-state index in [4.69, 9.17) is 14.2 Å². The number of carbonyl (C=O) groups is 2. The average molecular weight is 415 g/mol. The van der Waals surface area contributed by atoms with Crippen LogP contribution >= 0.6 is 0 Å². The summed E-state index contributed by atoms with van der Waals surface area (Å²) in [6.07, 6.45) is 0.359. The standard InChI is InChI=1S/C23H29NO6/c1-14(2)22(30-17-9-7-6-8-10-17)16(4)29-23(27)15(3)13-18(25)20-21(26)19(28-5)11-12-24-20/h6-12,14-16,22,26H,13H2,1-5H3/t15-,16+,22-/m1/s1. The minimum absolute atomic E-state index is 0.0999. The number of esters is 1. The van der Waals surface area contributed by atoms with Crippen LogP contribution in [0.3, 0.4) is 0 Å². The summed E-state index contributed by atoms with van der Waals surface area (Å²) in [5.74, 6) is -1.09. The minimum Gasteiger partial charge on any atom is -0.503 e. The molecule has 1 aromatic heterocycles. The molecule has 7 nitrogen and oxygen atoms in total. The molecule has 2 rings (SSSR count). The smallest absolute Gasteiger partial charge is 0.309 e. The molecule has 0 amide bonds. The Hall–Kier alpha value is -3.09. The Kier molecular flexibility index (Phi) is 8.21. The first kappa shape index (κ1) is 23.2. The second-order valence-electron chi connectivity index (χ2n) is 7.52. The van der Waals surface area contributed by atoms with E-state index in [9.17, 15) is 14.7 Å². The van der Waals surface area contributed by atoms with Gasteiger partial charge in [-0.15, -0.1) is 0 Å². The van der Waals surface area contributed by atoms with E-state index >= 15 is 0 Å². The van der Waals surface area contributed by atoms with Gasteiger partial charge in [-0.05, 0) is 25.0 Å². The highest BCUT2D eigenvalue weighted by Crippen LogP contribution is 2.29. The van der Waals surface area contributed by atoms with Crippen LogP contribution in [0.2, 0.25) is 0 Å². The van der Waals surface area contributed by atoms with Crippen molar-refractivity contribution < 1.29 is 28.9 Å². The second kappa shape index (κ2) is 10.6. The molecule has 1 N–H and O–H groups in total. The lowest BCUT2D eigenvalue weighted by Crippen LogP contribution is -2.38. The van der Waals surface area contributed by atoms with Crippen LogP contribution in [0.25, 0.3) is 0 Å². The van der Waals surface area contributed by atoms with Crippen molar-refractivity contribution in [1.29, 1.82) is 0 Å². The van der Waals surface area contributed by atoms with Gasteiger partial charge in [0.15, 0.2) is 23.0 Å². The third-order valence-corrected chi connectivity index (χ3v) is 4.70. The summed E-state index contributed by atoms with van der Waals surface area (Å²) < 4.78 is 16.6. The molecule has 0 saturated heterocycles. The van der Waals surface area contributed by atoms with Crippen LogP contribution in [-0.4, -0.2) is 41.2 Å². The summed E-state index contributed by atoms with van der Waals surface area (Å²) >= 11 is 0. The summed E-state index contributed by atoms with van der Waals surface area (Å²) in [5.41, 5.74) is -0.130. The Labute approximate surface area is 177 Å². The molecule has 3 atom stereocenters. The third kappa shape index (κ3) is 5.95. The van der Waals surface area contributed by atoms with E-state index in [1.165, 1.54) is 19.4 Å². The Morgan fingerprint density at radius 1 is 1.07 bits per heavy atom. The van der Waals surface area contributed by atoms with E-state index in [1.54, 1.807) is 13.8 Å². The molecular formula is C23H29NO6. The molecule has 1 aromatic carbocycles. The fourth-order valence-corrected chi connectivity index (χ4v) is 3.06. The molecule has 7 heteroatoms. The van der Waals surface area contributed by atoms with Gasteiger partial charge in [0.25, 0.3) is 0 Å². The minimum atomic E-state index is -0.711. The summed E-state index contributed by atoms with van der Waals surface area (Å²) in [4.78, 5) is 29.0. The van der Waals surface area contributed by atoms with Crippen LogP contribution in [0.15, 0.2) is 42.6 Å². The summed E-state index contributed by atoms with van der Waals surface area (Å²) in [6, 6.07) is 10.8. The van der Waals surface area contributed by atoms with Crippen molar-refractivity contribution in [2.45, 2.75) is 46.3 Å². The Balaban J connectivity index is 2.00. The predicted octanol–water partition coefficient (Wildman–Crippen LogP) is 4.04. The van der Waals surface area contributed by atoms with Crippen LogP contribution in [-0.2, 0) is 9.53 Å². The van der Waals surface area contributed by atoms with Crippen molar-refractivity contribution in [2.75, 3.05) is 7.11 Å². The van der Waals surface area contributed by atoms with Gasteiger partial charge < -0.3 is 19.3 Å². The number of carbonyl (C=O) groups excluding carboxylic acids is 2. The highest BCUT2D eigenvalue weighted by molar-refractivity contribution is 5.99. The average Bonchev–Trinajstić information content (AvgIpc) is 2.72. The fraction of sp³-hybridized carbons (Fsp3) is 0.435. The molecule has 0 spiro atoms. The number of rotatable bonds is 10. The highest BCUT2D eigenvalue weighted by atomic mass is 16.6. The first-order valence-corrected chi connectivity index (χ1v) is 9.91. The zero-order valence-corrected chi connectivity index (χ0v) is 18.0. The number of pyridine rings is 1. The number of hydrogen-bond donors (Lipinski definition) is 1. The monoisotopic (exact) mass is 415 g/mol. The van der Waals surface area contributed by atoms with E-state index in [2.05, 4.69) is 4.98 Å². The van der Waals surface area contributed by atoms with Gasteiger partial charge in [0.05, 0.1) is 13.0 Å². The summed E-state index contributed by atoms with van der Waals surface area (Å²) in [7, 11) is 1.38. The third-order valence-electron chi connectivity index (χ3n) is 4.70. The molecule has 0 saturated carbocycles. The van der Waals surface area contributed by atoms with Gasteiger partial charge in [-0.1, -0.05) is 39.0 Å². The first-order valence-electron chi connectivity index (χ1n) is 9.91. The zero-order valence-electron chi connectivity index (χ0n) is 18.0. The Bertz CT molecular complexity index is 852. The molecule has 0 bridgehead atoms. The number of para-hydroxylation sites is 1. The molecule has 0 aliphatic heterocycles. The van der Waals surface area contributed by atoms with E-state index in [-0.39, 0.29) is 35.6 Å². The number of nitrogens with zero attached hydrogens (tertiary/aromatic N) is 1. The van der Waals surface area contributed by atoms with Crippen LogP contribution in [0.4, 0.5) is 0 Å². The second-order valence-corrected chi connectivity index (χ2v) is 7.52. The molecule has 0 unspecified atom stereocenters. The molecule has 30 heavy (non-hydrogen) atoms. The van der Waals surface area contributed by atoms with E-state index in [0.717, 1.165) is 0 Å². The SMILES string of the molecule is COc1ccnc(C(=O)C[C@@H](C)C(=O)O[C@@H](C)[C@H](Oc2ccccc2)C(C)C)c1O. The maximum absolute atomic E-state index is 12.6.